The number of anilines is 1. The van der Waals surface area contributed by atoms with E-state index >= 15 is 0 Å². The minimum absolute atomic E-state index is 0.474. The van der Waals surface area contributed by atoms with E-state index in [0.29, 0.717) is 16.4 Å². The van der Waals surface area contributed by atoms with Gasteiger partial charge in [-0.1, -0.05) is 27.5 Å². The van der Waals surface area contributed by atoms with E-state index in [0.717, 1.165) is 10.0 Å². The van der Waals surface area contributed by atoms with Crippen LogP contribution in [0.15, 0.2) is 10.5 Å². The summed E-state index contributed by atoms with van der Waals surface area (Å²) in [7, 11) is 1.72. The van der Waals surface area contributed by atoms with Crippen LogP contribution in [-0.2, 0) is 0 Å². The highest BCUT2D eigenvalue weighted by Gasteiger charge is 2.17. The van der Waals surface area contributed by atoms with Gasteiger partial charge < -0.3 is 5.32 Å². The molecular formula is C8H9BrClN2O+. The quantitative estimate of drug-likeness (QED) is 0.857. The Morgan fingerprint density at radius 3 is 2.69 bits per heavy atom. The van der Waals surface area contributed by atoms with Gasteiger partial charge in [-0.3, -0.25) is 0 Å². The zero-order valence-electron chi connectivity index (χ0n) is 7.24. The maximum absolute atomic E-state index is 10.7. The summed E-state index contributed by atoms with van der Waals surface area (Å²) in [5.74, 6) is 0. The first kappa shape index (κ1) is 10.5. The SMILES string of the molecule is CNc1c(Cl)cc(Br)c(C)c1[NH+]=O. The third-order valence-electron chi connectivity index (χ3n) is 1.83. The number of nitroso groups, excluding NO2 is 1. The Labute approximate surface area is 89.6 Å². The maximum Gasteiger partial charge on any atom is 0.281 e. The summed E-state index contributed by atoms with van der Waals surface area (Å²) in [4.78, 5) is 10.7. The molecule has 0 aliphatic rings. The number of hydrogen-bond acceptors (Lipinski definition) is 2. The average molecular weight is 265 g/mol. The van der Waals surface area contributed by atoms with Gasteiger partial charge in [0.2, 0.25) is 0 Å². The maximum atomic E-state index is 10.7. The van der Waals surface area contributed by atoms with E-state index in [1.54, 1.807) is 13.1 Å². The fourth-order valence-electron chi connectivity index (χ4n) is 1.09. The van der Waals surface area contributed by atoms with Gasteiger partial charge in [0, 0.05) is 27.2 Å². The lowest BCUT2D eigenvalue weighted by atomic mass is 10.2. The van der Waals surface area contributed by atoms with Crippen LogP contribution in [0.25, 0.3) is 0 Å². The molecule has 1 aromatic rings. The summed E-state index contributed by atoms with van der Waals surface area (Å²) in [6.07, 6.45) is 0. The van der Waals surface area contributed by atoms with Crippen LogP contribution < -0.4 is 10.5 Å². The Kier molecular flexibility index (Phi) is 3.27. The molecule has 0 saturated carbocycles. The lowest BCUT2D eigenvalue weighted by molar-refractivity contribution is -0.379. The zero-order valence-corrected chi connectivity index (χ0v) is 9.58. The molecule has 0 aliphatic heterocycles. The van der Waals surface area contributed by atoms with Gasteiger partial charge in [0.25, 0.3) is 5.69 Å². The number of rotatable bonds is 2. The van der Waals surface area contributed by atoms with Gasteiger partial charge in [0.1, 0.15) is 5.69 Å². The molecule has 0 bridgehead atoms. The van der Waals surface area contributed by atoms with Crippen molar-refractivity contribution in [2.45, 2.75) is 6.92 Å². The van der Waals surface area contributed by atoms with E-state index < -0.39 is 0 Å². The van der Waals surface area contributed by atoms with Crippen LogP contribution in [0.4, 0.5) is 11.4 Å². The molecule has 13 heavy (non-hydrogen) atoms. The monoisotopic (exact) mass is 263 g/mol. The summed E-state index contributed by atoms with van der Waals surface area (Å²) < 4.78 is 0.815. The molecule has 0 spiro atoms. The minimum atomic E-state index is 0.474. The van der Waals surface area contributed by atoms with Crippen LogP contribution in [0, 0.1) is 11.8 Å². The standard InChI is InChI=1S/C8H8BrClN2O/c1-4-5(9)3-6(10)8(11-2)7(4)12-13/h3,11H,1-2H3/p+1. The van der Waals surface area contributed by atoms with Gasteiger partial charge in [-0.15, -0.1) is 0 Å². The Hall–Kier alpha value is -0.610. The van der Waals surface area contributed by atoms with Crippen LogP contribution in [0.5, 0.6) is 0 Å². The summed E-state index contributed by atoms with van der Waals surface area (Å²) in [5, 5.41) is 5.25. The highest BCUT2D eigenvalue weighted by atomic mass is 79.9. The molecule has 2 N–H and O–H groups in total. The summed E-state index contributed by atoms with van der Waals surface area (Å²) >= 11 is 9.22. The molecule has 70 valence electrons. The van der Waals surface area contributed by atoms with E-state index in [2.05, 4.69) is 21.2 Å². The van der Waals surface area contributed by atoms with Crippen LogP contribution in [-0.4, -0.2) is 7.05 Å². The van der Waals surface area contributed by atoms with Crippen molar-refractivity contribution in [1.82, 2.24) is 0 Å². The Bertz CT molecular complexity index is 354. The molecule has 0 saturated heterocycles. The van der Waals surface area contributed by atoms with E-state index in [9.17, 15) is 4.91 Å². The van der Waals surface area contributed by atoms with Crippen LogP contribution in [0.3, 0.4) is 0 Å². The predicted molar refractivity (Wildman–Crippen MR) is 57.4 cm³/mol. The van der Waals surface area contributed by atoms with Crippen molar-refractivity contribution in [3.8, 4) is 0 Å². The highest BCUT2D eigenvalue weighted by Crippen LogP contribution is 2.34. The molecule has 0 radical (unpaired) electrons. The molecule has 1 rings (SSSR count). The molecule has 0 aromatic heterocycles. The van der Waals surface area contributed by atoms with Crippen LogP contribution in [0.1, 0.15) is 5.56 Å². The molecule has 0 atom stereocenters. The zero-order chi connectivity index (χ0) is 10.0. The van der Waals surface area contributed by atoms with Crippen molar-refractivity contribution in [1.29, 1.82) is 0 Å². The summed E-state index contributed by atoms with van der Waals surface area (Å²) in [5.41, 5.74) is 1.93. The largest absolute Gasteiger partial charge is 0.381 e. The second-order valence-electron chi connectivity index (χ2n) is 2.57. The molecule has 0 amide bonds. The van der Waals surface area contributed by atoms with Gasteiger partial charge in [-0.05, 0) is 13.0 Å². The van der Waals surface area contributed by atoms with E-state index in [1.807, 2.05) is 12.1 Å². The summed E-state index contributed by atoms with van der Waals surface area (Å²) in [6, 6.07) is 1.75. The third kappa shape index (κ3) is 1.84. The van der Waals surface area contributed by atoms with Crippen molar-refractivity contribution in [2.24, 2.45) is 0 Å². The highest BCUT2D eigenvalue weighted by molar-refractivity contribution is 9.10. The Morgan fingerprint density at radius 2 is 2.23 bits per heavy atom. The van der Waals surface area contributed by atoms with Gasteiger partial charge in [0.15, 0.2) is 0 Å². The van der Waals surface area contributed by atoms with Crippen molar-refractivity contribution < 1.29 is 5.18 Å². The molecule has 0 unspecified atom stereocenters. The van der Waals surface area contributed by atoms with Crippen molar-refractivity contribution >= 4 is 38.9 Å². The fraction of sp³-hybridized carbons (Fsp3) is 0.250. The van der Waals surface area contributed by atoms with Crippen molar-refractivity contribution in [3.63, 3.8) is 0 Å². The smallest absolute Gasteiger partial charge is 0.281 e. The van der Waals surface area contributed by atoms with E-state index in [1.165, 1.54) is 0 Å². The number of nitrogens with one attached hydrogen (secondary N) is 2. The molecule has 5 heteroatoms. The average Bonchev–Trinajstić information content (AvgIpc) is 2.10. The predicted octanol–water partition coefficient (Wildman–Crippen LogP) is 1.93. The Balaban J connectivity index is 3.50. The van der Waals surface area contributed by atoms with Crippen LogP contribution in [0.2, 0.25) is 5.02 Å². The second kappa shape index (κ2) is 4.07. The first-order valence-electron chi connectivity index (χ1n) is 3.66. The van der Waals surface area contributed by atoms with Gasteiger partial charge in [0.05, 0.1) is 5.02 Å². The number of hydrogen-bond donors (Lipinski definition) is 2. The van der Waals surface area contributed by atoms with Gasteiger partial charge in [-0.25, -0.2) is 0 Å². The van der Waals surface area contributed by atoms with Crippen molar-refractivity contribution in [2.75, 3.05) is 12.4 Å². The minimum Gasteiger partial charge on any atom is -0.381 e. The van der Waals surface area contributed by atoms with Gasteiger partial charge in [-0.2, -0.15) is 0 Å². The number of halogens is 2. The van der Waals surface area contributed by atoms with Crippen molar-refractivity contribution in [3.05, 3.63) is 26.0 Å². The number of benzene rings is 1. The normalized spacial score (nSPS) is 9.85. The molecule has 3 nitrogen and oxygen atoms in total. The first-order valence-corrected chi connectivity index (χ1v) is 4.83. The summed E-state index contributed by atoms with van der Waals surface area (Å²) in [6.45, 7) is 1.83. The molecule has 1 aromatic carbocycles. The lowest BCUT2D eigenvalue weighted by Gasteiger charge is -2.05. The first-order chi connectivity index (χ1) is 6.11. The fourth-order valence-corrected chi connectivity index (χ4v) is 1.95. The van der Waals surface area contributed by atoms with Gasteiger partial charge >= 0.3 is 0 Å². The molecular weight excluding hydrogens is 255 g/mol. The van der Waals surface area contributed by atoms with Crippen LogP contribution >= 0.6 is 27.5 Å². The molecule has 0 aliphatic carbocycles. The molecule has 0 heterocycles. The third-order valence-corrected chi connectivity index (χ3v) is 2.95. The molecule has 0 fully saturated rings. The van der Waals surface area contributed by atoms with E-state index in [-0.39, 0.29) is 0 Å². The lowest BCUT2D eigenvalue weighted by Crippen LogP contribution is -2.56. The topological polar surface area (TPSA) is 43.1 Å². The second-order valence-corrected chi connectivity index (χ2v) is 3.83. The Morgan fingerprint density at radius 1 is 1.62 bits per heavy atom. The van der Waals surface area contributed by atoms with E-state index in [4.69, 9.17) is 11.6 Å².